The molecule has 0 spiro atoms. The van der Waals surface area contributed by atoms with Crippen molar-refractivity contribution in [2.24, 2.45) is 0 Å². The van der Waals surface area contributed by atoms with Crippen molar-refractivity contribution in [2.75, 3.05) is 0 Å². The summed E-state index contributed by atoms with van der Waals surface area (Å²) in [5.41, 5.74) is 0. The van der Waals surface area contributed by atoms with Crippen molar-refractivity contribution in [3.8, 4) is 5.75 Å². The van der Waals surface area contributed by atoms with E-state index >= 15 is 0 Å². The molecule has 4 rings (SSSR count). The first-order chi connectivity index (χ1) is 13.6. The quantitative estimate of drug-likeness (QED) is 0.641. The number of aromatic nitrogens is 3. The van der Waals surface area contributed by atoms with E-state index in [9.17, 15) is 4.79 Å². The molecule has 1 heterocycles. The van der Waals surface area contributed by atoms with E-state index in [2.05, 4.69) is 20.1 Å². The highest BCUT2D eigenvalue weighted by Crippen LogP contribution is 2.40. The van der Waals surface area contributed by atoms with Gasteiger partial charge in [-0.3, -0.25) is 9.36 Å². The van der Waals surface area contributed by atoms with Crippen LogP contribution in [0.3, 0.4) is 0 Å². The van der Waals surface area contributed by atoms with Crippen LogP contribution >= 0.6 is 23.4 Å². The summed E-state index contributed by atoms with van der Waals surface area (Å²) in [6, 6.07) is 8.12. The van der Waals surface area contributed by atoms with Crippen LogP contribution in [-0.2, 0) is 11.4 Å². The number of nitrogens with zero attached hydrogens (tertiary/aromatic N) is 3. The highest BCUT2D eigenvalue weighted by atomic mass is 35.5. The van der Waals surface area contributed by atoms with Gasteiger partial charge < -0.3 is 10.1 Å². The molecule has 6 nitrogen and oxygen atoms in total. The Labute approximate surface area is 174 Å². The Morgan fingerprint density at radius 2 is 2.04 bits per heavy atom. The van der Waals surface area contributed by atoms with Gasteiger partial charge in [0.25, 0.3) is 0 Å². The molecule has 2 aliphatic rings. The molecule has 0 bridgehead atoms. The van der Waals surface area contributed by atoms with Crippen LogP contribution < -0.4 is 10.1 Å². The molecule has 1 amide bonds. The van der Waals surface area contributed by atoms with E-state index < -0.39 is 0 Å². The predicted octanol–water partition coefficient (Wildman–Crippen LogP) is 4.38. The molecule has 0 unspecified atom stereocenters. The number of thioether (sulfide) groups is 1. The second kappa shape index (κ2) is 8.74. The average Bonchev–Trinajstić information content (AvgIpc) is 3.24. The monoisotopic (exact) mass is 420 g/mol. The van der Waals surface area contributed by atoms with Crippen LogP contribution in [0, 0.1) is 0 Å². The van der Waals surface area contributed by atoms with E-state index in [0.717, 1.165) is 36.7 Å². The molecule has 1 aromatic heterocycles. The standard InChI is InChI=1S/C20H25ClN4O2S/c1-13(19(26)22-14-6-2-3-7-14)28-20-24-23-18(25(20)15-10-11-15)12-27-17-9-5-4-8-16(17)21/h4-5,8-9,13-15H,2-3,6-7,10-12H2,1H3,(H,22,26)/t13-/m1/s1. The van der Waals surface area contributed by atoms with Gasteiger partial charge in [-0.2, -0.15) is 0 Å². The van der Waals surface area contributed by atoms with E-state index in [1.807, 2.05) is 25.1 Å². The van der Waals surface area contributed by atoms with Crippen LogP contribution in [0.25, 0.3) is 0 Å². The SMILES string of the molecule is C[C@@H](Sc1nnc(COc2ccccc2Cl)n1C1CC1)C(=O)NC1CCCC1. The lowest BCUT2D eigenvalue weighted by Crippen LogP contribution is -2.37. The van der Waals surface area contributed by atoms with Gasteiger partial charge in [-0.1, -0.05) is 48.3 Å². The molecule has 8 heteroatoms. The first-order valence-electron chi connectivity index (χ1n) is 9.90. The normalized spacial score (nSPS) is 18.2. The Morgan fingerprint density at radius 3 is 2.75 bits per heavy atom. The van der Waals surface area contributed by atoms with Gasteiger partial charge in [0, 0.05) is 12.1 Å². The first-order valence-corrected chi connectivity index (χ1v) is 11.2. The van der Waals surface area contributed by atoms with Gasteiger partial charge in [-0.15, -0.1) is 10.2 Å². The minimum atomic E-state index is -0.209. The van der Waals surface area contributed by atoms with E-state index in [-0.39, 0.29) is 11.2 Å². The van der Waals surface area contributed by atoms with Gasteiger partial charge in [0.15, 0.2) is 11.0 Å². The summed E-state index contributed by atoms with van der Waals surface area (Å²) in [4.78, 5) is 12.5. The molecular weight excluding hydrogens is 396 g/mol. The van der Waals surface area contributed by atoms with E-state index in [4.69, 9.17) is 16.3 Å². The van der Waals surface area contributed by atoms with Crippen molar-refractivity contribution < 1.29 is 9.53 Å². The zero-order valence-corrected chi connectivity index (χ0v) is 17.5. The number of carbonyl (C=O) groups is 1. The smallest absolute Gasteiger partial charge is 0.233 e. The number of amides is 1. The third kappa shape index (κ3) is 4.63. The second-order valence-corrected chi connectivity index (χ2v) is 9.18. The number of hydrogen-bond donors (Lipinski definition) is 1. The van der Waals surface area contributed by atoms with E-state index in [0.29, 0.717) is 29.5 Å². The molecule has 150 valence electrons. The molecule has 1 atom stereocenters. The number of rotatable bonds is 8. The summed E-state index contributed by atoms with van der Waals surface area (Å²) < 4.78 is 7.98. The number of ether oxygens (including phenoxy) is 1. The molecule has 2 saturated carbocycles. The van der Waals surface area contributed by atoms with Gasteiger partial charge in [0.05, 0.1) is 10.3 Å². The number of halogens is 1. The van der Waals surface area contributed by atoms with Crippen molar-refractivity contribution in [1.82, 2.24) is 20.1 Å². The lowest BCUT2D eigenvalue weighted by Gasteiger charge is -2.16. The fourth-order valence-electron chi connectivity index (χ4n) is 3.49. The van der Waals surface area contributed by atoms with Gasteiger partial charge in [-0.25, -0.2) is 0 Å². The molecule has 28 heavy (non-hydrogen) atoms. The number of benzene rings is 1. The lowest BCUT2D eigenvalue weighted by atomic mass is 10.2. The van der Waals surface area contributed by atoms with Gasteiger partial charge in [-0.05, 0) is 44.7 Å². The largest absolute Gasteiger partial charge is 0.484 e. The van der Waals surface area contributed by atoms with Crippen LogP contribution in [0.2, 0.25) is 5.02 Å². The first kappa shape index (κ1) is 19.6. The highest BCUT2D eigenvalue weighted by Gasteiger charge is 2.31. The van der Waals surface area contributed by atoms with Gasteiger partial charge >= 0.3 is 0 Å². The average molecular weight is 421 g/mol. The Morgan fingerprint density at radius 1 is 1.29 bits per heavy atom. The number of hydrogen-bond acceptors (Lipinski definition) is 5. The summed E-state index contributed by atoms with van der Waals surface area (Å²) in [6.45, 7) is 2.23. The second-order valence-electron chi connectivity index (χ2n) is 7.47. The molecule has 0 aliphatic heterocycles. The van der Waals surface area contributed by atoms with Crippen LogP contribution in [0.5, 0.6) is 5.75 Å². The minimum absolute atomic E-state index is 0.0797. The summed E-state index contributed by atoms with van der Waals surface area (Å²) >= 11 is 7.64. The number of carbonyl (C=O) groups excluding carboxylic acids is 1. The fraction of sp³-hybridized carbons (Fsp3) is 0.550. The maximum atomic E-state index is 12.5. The Hall–Kier alpha value is -1.73. The molecular formula is C20H25ClN4O2S. The number of nitrogens with one attached hydrogen (secondary N) is 1. The van der Waals surface area contributed by atoms with E-state index in [1.165, 1.54) is 24.6 Å². The minimum Gasteiger partial charge on any atom is -0.484 e. The summed E-state index contributed by atoms with van der Waals surface area (Å²) in [6.07, 6.45) is 6.80. The highest BCUT2D eigenvalue weighted by molar-refractivity contribution is 8.00. The molecule has 2 aliphatic carbocycles. The molecule has 0 radical (unpaired) electrons. The van der Waals surface area contributed by atoms with E-state index in [1.54, 1.807) is 6.07 Å². The zero-order chi connectivity index (χ0) is 19.5. The van der Waals surface area contributed by atoms with Gasteiger partial charge in [0.2, 0.25) is 5.91 Å². The summed E-state index contributed by atoms with van der Waals surface area (Å²) in [7, 11) is 0. The Balaban J connectivity index is 1.41. The third-order valence-corrected chi connectivity index (χ3v) is 6.56. The van der Waals surface area contributed by atoms with Crippen molar-refractivity contribution in [3.63, 3.8) is 0 Å². The predicted molar refractivity (Wildman–Crippen MR) is 110 cm³/mol. The van der Waals surface area contributed by atoms with Crippen LogP contribution in [-0.4, -0.2) is 32.0 Å². The number of para-hydroxylation sites is 1. The molecule has 0 saturated heterocycles. The van der Waals surface area contributed by atoms with Crippen molar-refractivity contribution in [2.45, 2.75) is 74.5 Å². The van der Waals surface area contributed by atoms with Crippen molar-refractivity contribution in [1.29, 1.82) is 0 Å². The molecule has 1 aromatic carbocycles. The molecule has 2 aromatic rings. The van der Waals surface area contributed by atoms with Crippen LogP contribution in [0.1, 0.15) is 57.3 Å². The third-order valence-electron chi connectivity index (χ3n) is 5.19. The topological polar surface area (TPSA) is 69.0 Å². The maximum absolute atomic E-state index is 12.5. The Bertz CT molecular complexity index is 833. The molecule has 2 fully saturated rings. The lowest BCUT2D eigenvalue weighted by molar-refractivity contribution is -0.120. The summed E-state index contributed by atoms with van der Waals surface area (Å²) in [5, 5.41) is 13.0. The Kier molecular flexibility index (Phi) is 6.11. The van der Waals surface area contributed by atoms with Crippen LogP contribution in [0.15, 0.2) is 29.4 Å². The van der Waals surface area contributed by atoms with Gasteiger partial charge in [0.1, 0.15) is 12.4 Å². The summed E-state index contributed by atoms with van der Waals surface area (Å²) in [5.74, 6) is 1.48. The van der Waals surface area contributed by atoms with Crippen molar-refractivity contribution in [3.05, 3.63) is 35.1 Å². The maximum Gasteiger partial charge on any atom is 0.233 e. The fourth-order valence-corrected chi connectivity index (χ4v) is 4.63. The van der Waals surface area contributed by atoms with Crippen molar-refractivity contribution >= 4 is 29.3 Å². The van der Waals surface area contributed by atoms with Crippen LogP contribution in [0.4, 0.5) is 0 Å². The zero-order valence-electron chi connectivity index (χ0n) is 15.9. The molecule has 1 N–H and O–H groups in total.